The first-order valence-electron chi connectivity index (χ1n) is 8.09. The summed E-state index contributed by atoms with van der Waals surface area (Å²) in [4.78, 5) is 12.7. The number of halogens is 3. The minimum atomic E-state index is -3.19. The number of hydrogen-bond acceptors (Lipinski definition) is 4. The minimum Gasteiger partial charge on any atom is -0.337 e. The third kappa shape index (κ3) is 6.54. The molecule has 0 spiro atoms. The highest BCUT2D eigenvalue weighted by atomic mass is 127. The van der Waals surface area contributed by atoms with Crippen LogP contribution in [0.3, 0.4) is 0 Å². The average Bonchev–Trinajstić information content (AvgIpc) is 2.60. The first-order chi connectivity index (χ1) is 12.2. The summed E-state index contributed by atoms with van der Waals surface area (Å²) in [7, 11) is -3.19. The van der Waals surface area contributed by atoms with E-state index in [1.54, 1.807) is 35.0 Å². The Labute approximate surface area is 175 Å². The number of benzene rings is 1. The zero-order chi connectivity index (χ0) is 19.3. The van der Waals surface area contributed by atoms with Gasteiger partial charge < -0.3 is 5.32 Å². The van der Waals surface area contributed by atoms with Gasteiger partial charge in [-0.05, 0) is 65.7 Å². The van der Waals surface area contributed by atoms with Gasteiger partial charge in [-0.2, -0.15) is 3.21 Å². The van der Waals surface area contributed by atoms with Crippen molar-refractivity contribution in [3.05, 3.63) is 28.5 Å². The van der Waals surface area contributed by atoms with Crippen molar-refractivity contribution < 1.29 is 17.6 Å². The first-order valence-corrected chi connectivity index (χ1v) is 11.7. The Bertz CT molecular complexity index is 796. The molecular formula is C16H20BrFIN3O3S. The lowest BCUT2D eigenvalue weighted by molar-refractivity contribution is -0.117. The molecule has 0 unspecified atom stereocenters. The van der Waals surface area contributed by atoms with Crippen molar-refractivity contribution in [2.24, 2.45) is 15.0 Å². The number of ketones is 1. The lowest BCUT2D eigenvalue weighted by Gasteiger charge is -2.27. The second-order valence-corrected chi connectivity index (χ2v) is 9.56. The molecule has 1 saturated carbocycles. The minimum absolute atomic E-state index is 0.0747. The second-order valence-electron chi connectivity index (χ2n) is 6.39. The molecule has 0 atom stereocenters. The predicted octanol–water partition coefficient (Wildman–Crippen LogP) is 3.67. The maximum Gasteiger partial charge on any atom is 0.208 e. The molecular weight excluding hydrogens is 540 g/mol. The normalized spacial score (nSPS) is 21.5. The van der Waals surface area contributed by atoms with E-state index in [1.165, 1.54) is 6.07 Å². The lowest BCUT2D eigenvalue weighted by Crippen LogP contribution is -2.35. The number of carbonyl (C=O) groups excluding carboxylic acids is 1. The Kier molecular flexibility index (Phi) is 7.98. The van der Waals surface area contributed by atoms with Crippen molar-refractivity contribution in [1.29, 1.82) is 0 Å². The van der Waals surface area contributed by atoms with Crippen LogP contribution in [0.5, 0.6) is 0 Å². The van der Waals surface area contributed by atoms with E-state index in [0.717, 1.165) is 19.1 Å². The third-order valence-electron chi connectivity index (χ3n) is 4.35. The van der Waals surface area contributed by atoms with E-state index in [2.05, 4.69) is 29.2 Å². The fourth-order valence-electron chi connectivity index (χ4n) is 2.93. The highest BCUT2D eigenvalue weighted by Gasteiger charge is 2.29. The van der Waals surface area contributed by atoms with E-state index in [-0.39, 0.29) is 29.3 Å². The molecule has 1 aliphatic carbocycles. The molecule has 1 aromatic rings. The van der Waals surface area contributed by atoms with Gasteiger partial charge in [-0.3, -0.25) is 4.79 Å². The van der Waals surface area contributed by atoms with Crippen LogP contribution in [0.4, 0.5) is 10.1 Å². The molecule has 2 N–H and O–H groups in total. The van der Waals surface area contributed by atoms with Crippen LogP contribution in [0.1, 0.15) is 25.7 Å². The molecule has 0 radical (unpaired) electrons. The van der Waals surface area contributed by atoms with E-state index in [0.29, 0.717) is 29.5 Å². The topological polar surface area (TPSA) is 87.6 Å². The van der Waals surface area contributed by atoms with Gasteiger partial charge in [0.1, 0.15) is 5.82 Å². The Morgan fingerprint density at radius 1 is 1.35 bits per heavy atom. The second kappa shape index (κ2) is 9.56. The van der Waals surface area contributed by atoms with Crippen LogP contribution >= 0.6 is 38.8 Å². The summed E-state index contributed by atoms with van der Waals surface area (Å²) in [6.07, 6.45) is 4.11. The molecule has 10 heteroatoms. The lowest BCUT2D eigenvalue weighted by atomic mass is 9.80. The van der Waals surface area contributed by atoms with Crippen molar-refractivity contribution in [2.75, 3.05) is 18.1 Å². The number of hydrogen-bond donors (Lipinski definition) is 2. The van der Waals surface area contributed by atoms with E-state index in [1.807, 2.05) is 0 Å². The molecule has 0 aliphatic heterocycles. The van der Waals surface area contributed by atoms with Gasteiger partial charge in [-0.1, -0.05) is 0 Å². The number of nitrogens with zero attached hydrogens (tertiary/aromatic N) is 1. The monoisotopic (exact) mass is 559 g/mol. The van der Waals surface area contributed by atoms with Crippen molar-refractivity contribution in [2.45, 2.75) is 25.7 Å². The van der Waals surface area contributed by atoms with E-state index >= 15 is 0 Å². The Morgan fingerprint density at radius 2 is 2.00 bits per heavy atom. The zero-order valence-corrected chi connectivity index (χ0v) is 18.7. The Balaban J connectivity index is 1.92. The van der Waals surface area contributed by atoms with Gasteiger partial charge >= 0.3 is 0 Å². The standard InChI is InChI=1S/C16H20BrFIN3O3S/c1-26(24,25)20-9-10-2-4-11(5-3-10)15(23)16(22-19)21-12-6-7-14(18)13(17)8-12/h6-8,10-11,20H,2-5,9H2,1H3,(H,21,22)/t10-,11-. The largest absolute Gasteiger partial charge is 0.337 e. The summed E-state index contributed by atoms with van der Waals surface area (Å²) in [6, 6.07) is 4.41. The molecule has 0 aromatic heterocycles. The van der Waals surface area contributed by atoms with Gasteiger partial charge in [0, 0.05) is 18.2 Å². The van der Waals surface area contributed by atoms with Crippen molar-refractivity contribution in [3.8, 4) is 0 Å². The molecule has 144 valence electrons. The van der Waals surface area contributed by atoms with Crippen LogP contribution in [0.25, 0.3) is 0 Å². The van der Waals surface area contributed by atoms with E-state index < -0.39 is 10.0 Å². The number of Topliss-reactive ketones (excluding diaryl/α,β-unsaturated/α-hetero) is 1. The van der Waals surface area contributed by atoms with Crippen LogP contribution in [-0.4, -0.2) is 32.8 Å². The summed E-state index contributed by atoms with van der Waals surface area (Å²) < 4.78 is 42.5. The summed E-state index contributed by atoms with van der Waals surface area (Å²) in [5.41, 5.74) is 0.577. The number of rotatable bonds is 6. The SMILES string of the molecule is CS(=O)(=O)NC[C@H]1CC[C@H](C(=O)/C(=N/I)Nc2ccc(F)c(Br)c2)CC1. The van der Waals surface area contributed by atoms with Crippen molar-refractivity contribution >= 4 is 66.1 Å². The number of nitrogens with one attached hydrogen (secondary N) is 2. The first kappa shape index (κ1) is 21.7. The molecule has 2 rings (SSSR count). The van der Waals surface area contributed by atoms with Crippen LogP contribution < -0.4 is 10.0 Å². The van der Waals surface area contributed by atoms with Crippen molar-refractivity contribution in [3.63, 3.8) is 0 Å². The molecule has 0 saturated heterocycles. The number of amidine groups is 1. The molecule has 6 nitrogen and oxygen atoms in total. The Morgan fingerprint density at radius 3 is 2.54 bits per heavy atom. The van der Waals surface area contributed by atoms with Crippen molar-refractivity contribution in [1.82, 2.24) is 4.72 Å². The van der Waals surface area contributed by atoms with Gasteiger partial charge in [-0.15, -0.1) is 0 Å². The predicted molar refractivity (Wildman–Crippen MR) is 112 cm³/mol. The van der Waals surface area contributed by atoms with Crippen LogP contribution in [0.2, 0.25) is 0 Å². The molecule has 0 bridgehead atoms. The third-order valence-corrected chi connectivity index (χ3v) is 6.13. The summed E-state index contributed by atoms with van der Waals surface area (Å²) in [6.45, 7) is 0.412. The smallest absolute Gasteiger partial charge is 0.208 e. The fraction of sp³-hybridized carbons (Fsp3) is 0.500. The van der Waals surface area contributed by atoms with Gasteiger partial charge in [0.25, 0.3) is 0 Å². The van der Waals surface area contributed by atoms with Crippen LogP contribution in [0, 0.1) is 17.7 Å². The van der Waals surface area contributed by atoms with Gasteiger partial charge in [0.15, 0.2) is 5.84 Å². The van der Waals surface area contributed by atoms with Gasteiger partial charge in [0.2, 0.25) is 15.8 Å². The molecule has 1 aliphatic rings. The molecule has 0 heterocycles. The molecule has 26 heavy (non-hydrogen) atoms. The number of carbonyl (C=O) groups is 1. The molecule has 1 fully saturated rings. The maximum atomic E-state index is 13.3. The summed E-state index contributed by atoms with van der Waals surface area (Å²) in [5.74, 6) is -0.115. The molecule has 0 amide bonds. The fourth-order valence-corrected chi connectivity index (χ4v) is 4.20. The zero-order valence-electron chi connectivity index (χ0n) is 14.1. The van der Waals surface area contributed by atoms with E-state index in [9.17, 15) is 17.6 Å². The summed E-state index contributed by atoms with van der Waals surface area (Å²) in [5, 5.41) is 2.95. The summed E-state index contributed by atoms with van der Waals surface area (Å²) >= 11 is 4.89. The van der Waals surface area contributed by atoms with Gasteiger partial charge in [-0.25, -0.2) is 17.5 Å². The van der Waals surface area contributed by atoms with Crippen LogP contribution in [0.15, 0.2) is 25.9 Å². The number of sulfonamides is 1. The molecule has 1 aromatic carbocycles. The average molecular weight is 560 g/mol. The maximum absolute atomic E-state index is 13.3. The highest BCUT2D eigenvalue weighted by molar-refractivity contribution is 14.1. The van der Waals surface area contributed by atoms with E-state index in [4.69, 9.17) is 0 Å². The Hall–Kier alpha value is -0.590. The highest BCUT2D eigenvalue weighted by Crippen LogP contribution is 2.30. The van der Waals surface area contributed by atoms with Gasteiger partial charge in [0.05, 0.1) is 33.6 Å². The van der Waals surface area contributed by atoms with Crippen LogP contribution in [-0.2, 0) is 14.8 Å². The number of anilines is 1. The quantitative estimate of drug-likeness (QED) is 0.316.